The van der Waals surface area contributed by atoms with Crippen LogP contribution in [0.25, 0.3) is 11.1 Å². The van der Waals surface area contributed by atoms with Gasteiger partial charge in [0.2, 0.25) is 0 Å². The highest BCUT2D eigenvalue weighted by atomic mass is 16.5. The molecule has 3 aliphatic rings. The molecule has 1 unspecified atom stereocenters. The Labute approximate surface area is 129 Å². The van der Waals surface area contributed by atoms with E-state index in [0.717, 1.165) is 5.56 Å². The van der Waals surface area contributed by atoms with Crippen molar-refractivity contribution >= 4 is 17.6 Å². The molecule has 1 heterocycles. The summed E-state index contributed by atoms with van der Waals surface area (Å²) in [6.07, 6.45) is 0.689. The lowest BCUT2D eigenvalue weighted by molar-refractivity contribution is 0.0603. The Morgan fingerprint density at radius 2 is 1.86 bits per heavy atom. The van der Waals surface area contributed by atoms with Gasteiger partial charge in [-0.15, -0.1) is 0 Å². The van der Waals surface area contributed by atoms with E-state index in [9.17, 15) is 9.59 Å². The van der Waals surface area contributed by atoms with E-state index in [-0.39, 0.29) is 5.91 Å². The number of hydrogen-bond donors (Lipinski definition) is 2. The van der Waals surface area contributed by atoms with Gasteiger partial charge in [0.25, 0.3) is 5.91 Å². The van der Waals surface area contributed by atoms with Crippen molar-refractivity contribution in [3.05, 3.63) is 41.5 Å². The molecule has 0 radical (unpaired) electrons. The number of carbonyl (C=O) groups excluding carboxylic acids is 2. The fraction of sp³-hybridized carbons (Fsp3) is 0.294. The van der Waals surface area contributed by atoms with Crippen LogP contribution in [0.15, 0.2) is 30.3 Å². The van der Waals surface area contributed by atoms with Crippen molar-refractivity contribution < 1.29 is 14.3 Å². The van der Waals surface area contributed by atoms with Gasteiger partial charge in [-0.05, 0) is 24.5 Å². The van der Waals surface area contributed by atoms with Gasteiger partial charge in [-0.1, -0.05) is 37.3 Å². The van der Waals surface area contributed by atoms with Crippen molar-refractivity contribution in [2.45, 2.75) is 25.9 Å². The summed E-state index contributed by atoms with van der Waals surface area (Å²) in [5, 5.41) is 6.27. The third-order valence-corrected chi connectivity index (χ3v) is 4.19. The summed E-state index contributed by atoms with van der Waals surface area (Å²) in [6, 6.07) is 9.23. The fourth-order valence-electron chi connectivity index (χ4n) is 2.85. The quantitative estimate of drug-likeness (QED) is 0.837. The predicted octanol–water partition coefficient (Wildman–Crippen LogP) is 2.86. The largest absolute Gasteiger partial charge is 0.465 e. The summed E-state index contributed by atoms with van der Waals surface area (Å²) < 4.78 is 4.93. The smallest absolute Gasteiger partial charge is 0.340 e. The molecule has 114 valence electrons. The van der Waals surface area contributed by atoms with Crippen LogP contribution in [-0.2, 0) is 4.74 Å². The number of nitrogens with one attached hydrogen (secondary N) is 2. The number of amides is 1. The number of esters is 1. The van der Waals surface area contributed by atoms with E-state index < -0.39 is 11.6 Å². The Morgan fingerprint density at radius 3 is 2.50 bits per heavy atom. The van der Waals surface area contributed by atoms with Gasteiger partial charge in [0, 0.05) is 0 Å². The number of anilines is 1. The molecule has 0 fully saturated rings. The average Bonchev–Trinajstić information content (AvgIpc) is 2.64. The minimum atomic E-state index is -0.584. The van der Waals surface area contributed by atoms with Crippen molar-refractivity contribution in [3.63, 3.8) is 0 Å². The minimum absolute atomic E-state index is 0.176. The Morgan fingerprint density at radius 1 is 1.18 bits per heavy atom. The first kappa shape index (κ1) is 14.4. The number of carbonyl (C=O) groups is 2. The zero-order chi connectivity index (χ0) is 15.9. The molecule has 5 heteroatoms. The second-order valence-electron chi connectivity index (χ2n) is 5.62. The van der Waals surface area contributed by atoms with Gasteiger partial charge in [-0.25, -0.2) is 4.79 Å². The number of methoxy groups -OCH3 is 1. The zero-order valence-electron chi connectivity index (χ0n) is 12.8. The lowest BCUT2D eigenvalue weighted by atomic mass is 10.0. The van der Waals surface area contributed by atoms with Gasteiger partial charge in [0.15, 0.2) is 0 Å². The number of ether oxygens (including phenoxy) is 1. The first-order chi connectivity index (χ1) is 10.5. The van der Waals surface area contributed by atoms with E-state index in [2.05, 4.69) is 10.6 Å². The van der Waals surface area contributed by atoms with Crippen molar-refractivity contribution in [2.24, 2.45) is 0 Å². The van der Waals surface area contributed by atoms with Gasteiger partial charge in [-0.3, -0.25) is 4.79 Å². The van der Waals surface area contributed by atoms with Crippen LogP contribution in [0.1, 0.15) is 41.0 Å². The van der Waals surface area contributed by atoms with Crippen LogP contribution in [0, 0.1) is 0 Å². The maximum absolute atomic E-state index is 12.6. The van der Waals surface area contributed by atoms with E-state index in [1.165, 1.54) is 7.11 Å². The van der Waals surface area contributed by atoms with E-state index in [1.54, 1.807) is 0 Å². The van der Waals surface area contributed by atoms with Gasteiger partial charge < -0.3 is 15.4 Å². The van der Waals surface area contributed by atoms with Crippen molar-refractivity contribution in [3.8, 4) is 11.1 Å². The molecular weight excluding hydrogens is 280 g/mol. The summed E-state index contributed by atoms with van der Waals surface area (Å²) in [5.74, 6) is -0.623. The van der Waals surface area contributed by atoms with Crippen LogP contribution in [0.4, 0.5) is 5.69 Å². The Kier molecular flexibility index (Phi) is 3.28. The first-order valence-electron chi connectivity index (χ1n) is 7.24. The standard InChI is InChI=1S/C17H18N2O3/c1-4-17(2)18-14-12(15(20)19-17)10-8-6-5-7-9-11(10)13(14)16(21)22-3/h5-9,18H,4H2,1-3H3,(H,19,20). The van der Waals surface area contributed by atoms with E-state index in [1.807, 2.05) is 44.2 Å². The number of fused-ring (bicyclic) bond motifs is 3. The highest BCUT2D eigenvalue weighted by molar-refractivity contribution is 6.18. The van der Waals surface area contributed by atoms with Crippen LogP contribution in [0.3, 0.4) is 0 Å². The predicted molar refractivity (Wildman–Crippen MR) is 84.2 cm³/mol. The van der Waals surface area contributed by atoms with Crippen molar-refractivity contribution in [2.75, 3.05) is 12.4 Å². The Bertz CT molecular complexity index is 741. The maximum atomic E-state index is 12.6. The first-order valence-corrected chi connectivity index (χ1v) is 7.24. The van der Waals surface area contributed by atoms with Crippen LogP contribution < -0.4 is 10.6 Å². The second kappa shape index (κ2) is 5.02. The molecule has 2 N–H and O–H groups in total. The molecule has 3 rings (SSSR count). The van der Waals surface area contributed by atoms with Crippen LogP contribution >= 0.6 is 0 Å². The molecule has 0 aromatic heterocycles. The molecule has 2 aliphatic carbocycles. The monoisotopic (exact) mass is 298 g/mol. The molecule has 0 saturated heterocycles. The molecule has 0 aromatic rings. The lowest BCUT2D eigenvalue weighted by Gasteiger charge is -2.36. The molecule has 0 saturated carbocycles. The van der Waals surface area contributed by atoms with Crippen LogP contribution in [0.2, 0.25) is 0 Å². The van der Waals surface area contributed by atoms with Crippen molar-refractivity contribution in [1.82, 2.24) is 5.32 Å². The second-order valence-corrected chi connectivity index (χ2v) is 5.62. The summed E-state index contributed by atoms with van der Waals surface area (Å²) >= 11 is 0. The lowest BCUT2D eigenvalue weighted by Crippen LogP contribution is -2.55. The van der Waals surface area contributed by atoms with E-state index in [4.69, 9.17) is 4.74 Å². The van der Waals surface area contributed by atoms with E-state index >= 15 is 0 Å². The summed E-state index contributed by atoms with van der Waals surface area (Å²) in [4.78, 5) is 24.9. The molecule has 0 bridgehead atoms. The molecule has 0 aromatic carbocycles. The topological polar surface area (TPSA) is 67.4 Å². The Hall–Kier alpha value is -2.56. The van der Waals surface area contributed by atoms with Gasteiger partial charge in [-0.2, -0.15) is 0 Å². The molecule has 1 amide bonds. The van der Waals surface area contributed by atoms with Crippen LogP contribution in [-0.4, -0.2) is 24.6 Å². The normalized spacial score (nSPS) is 20.0. The van der Waals surface area contributed by atoms with E-state index in [0.29, 0.717) is 28.8 Å². The van der Waals surface area contributed by atoms with Gasteiger partial charge in [0.05, 0.1) is 23.9 Å². The SMILES string of the molecule is CCC1(C)NC(=O)c2c3cccccc-3c(C(=O)OC)c2N1. The minimum Gasteiger partial charge on any atom is -0.465 e. The molecule has 5 nitrogen and oxygen atoms in total. The molecule has 1 aliphatic heterocycles. The molecule has 0 spiro atoms. The third kappa shape index (κ3) is 2.01. The maximum Gasteiger partial charge on any atom is 0.340 e. The van der Waals surface area contributed by atoms with Crippen molar-refractivity contribution in [1.29, 1.82) is 0 Å². The Balaban J connectivity index is 2.34. The number of rotatable bonds is 2. The summed E-state index contributed by atoms with van der Waals surface area (Å²) in [6.45, 7) is 3.87. The highest BCUT2D eigenvalue weighted by Gasteiger charge is 2.39. The highest BCUT2D eigenvalue weighted by Crippen LogP contribution is 2.43. The third-order valence-electron chi connectivity index (χ3n) is 4.19. The number of hydrogen-bond acceptors (Lipinski definition) is 4. The zero-order valence-corrected chi connectivity index (χ0v) is 12.8. The van der Waals surface area contributed by atoms with Gasteiger partial charge >= 0.3 is 5.97 Å². The molecule has 1 atom stereocenters. The molecular formula is C17H18N2O3. The van der Waals surface area contributed by atoms with Gasteiger partial charge in [0.1, 0.15) is 5.66 Å². The summed E-state index contributed by atoms with van der Waals surface area (Å²) in [5.41, 5.74) is 2.34. The molecule has 22 heavy (non-hydrogen) atoms. The van der Waals surface area contributed by atoms with Crippen LogP contribution in [0.5, 0.6) is 0 Å². The average molecular weight is 298 g/mol. The summed E-state index contributed by atoms with van der Waals surface area (Å²) in [7, 11) is 1.35. The fourth-order valence-corrected chi connectivity index (χ4v) is 2.85.